The Balaban J connectivity index is 2.16. The molecule has 1 atom stereocenters. The van der Waals surface area contributed by atoms with E-state index in [-0.39, 0.29) is 5.75 Å². The van der Waals surface area contributed by atoms with Gasteiger partial charge in [0.2, 0.25) is 0 Å². The summed E-state index contributed by atoms with van der Waals surface area (Å²) in [5.74, 6) is -1.10. The first-order valence-corrected chi connectivity index (χ1v) is 5.54. The van der Waals surface area contributed by atoms with Gasteiger partial charge < -0.3 is 10.8 Å². The Morgan fingerprint density at radius 2 is 1.56 bits per heavy atom. The molecule has 0 aromatic heterocycles. The average Bonchev–Trinajstić information content (AvgIpc) is 2.31. The lowest BCUT2D eigenvalue weighted by Gasteiger charge is -2.12. The maximum absolute atomic E-state index is 13.1. The third-order valence-corrected chi connectivity index (χ3v) is 2.70. The Labute approximate surface area is 104 Å². The second-order valence-electron chi connectivity index (χ2n) is 4.18. The average molecular weight is 249 g/mol. The fraction of sp³-hybridized carbons (Fsp3) is 0.143. The molecule has 0 aliphatic carbocycles. The molecule has 3 N–H and O–H groups in total. The van der Waals surface area contributed by atoms with Gasteiger partial charge in [0, 0.05) is 12.1 Å². The van der Waals surface area contributed by atoms with E-state index in [1.807, 2.05) is 0 Å². The summed E-state index contributed by atoms with van der Waals surface area (Å²) < 4.78 is 26.1. The third-order valence-electron chi connectivity index (χ3n) is 2.70. The molecule has 4 heteroatoms. The van der Waals surface area contributed by atoms with Gasteiger partial charge in [-0.3, -0.25) is 0 Å². The van der Waals surface area contributed by atoms with Crippen molar-refractivity contribution in [3.8, 4) is 5.75 Å². The lowest BCUT2D eigenvalue weighted by molar-refractivity contribution is 0.475. The number of rotatable bonds is 3. The highest BCUT2D eigenvalue weighted by Gasteiger charge is 2.10. The van der Waals surface area contributed by atoms with E-state index in [0.717, 1.165) is 11.6 Å². The monoisotopic (exact) mass is 249 g/mol. The summed E-state index contributed by atoms with van der Waals surface area (Å²) in [7, 11) is 0. The zero-order chi connectivity index (χ0) is 13.1. The normalized spacial score (nSPS) is 12.4. The second kappa shape index (κ2) is 5.14. The van der Waals surface area contributed by atoms with Crippen molar-refractivity contribution in [2.45, 2.75) is 12.5 Å². The Morgan fingerprint density at radius 3 is 2.11 bits per heavy atom. The molecule has 2 aromatic rings. The van der Waals surface area contributed by atoms with Crippen molar-refractivity contribution < 1.29 is 13.9 Å². The van der Waals surface area contributed by atoms with Crippen LogP contribution in [0.3, 0.4) is 0 Å². The summed E-state index contributed by atoms with van der Waals surface area (Å²) in [5.41, 5.74) is 7.22. The lowest BCUT2D eigenvalue weighted by Crippen LogP contribution is -2.13. The number of hydrogen-bond acceptors (Lipinski definition) is 2. The standard InChI is InChI=1S/C14H13F2NO/c15-11-6-10(7-12(16)8-11)14(17)5-9-1-3-13(18)4-2-9/h1-4,6-8,14,18H,5,17H2. The van der Waals surface area contributed by atoms with E-state index in [9.17, 15) is 8.78 Å². The molecule has 18 heavy (non-hydrogen) atoms. The van der Waals surface area contributed by atoms with Gasteiger partial charge >= 0.3 is 0 Å². The first-order chi connectivity index (χ1) is 8.54. The number of hydrogen-bond donors (Lipinski definition) is 2. The maximum atomic E-state index is 13.1. The van der Waals surface area contributed by atoms with Gasteiger partial charge in [-0.1, -0.05) is 12.1 Å². The number of nitrogens with two attached hydrogens (primary N) is 1. The van der Waals surface area contributed by atoms with Gasteiger partial charge in [0.25, 0.3) is 0 Å². The van der Waals surface area contributed by atoms with Gasteiger partial charge in [-0.15, -0.1) is 0 Å². The van der Waals surface area contributed by atoms with Gasteiger partial charge in [0.1, 0.15) is 17.4 Å². The van der Waals surface area contributed by atoms with E-state index < -0.39 is 17.7 Å². The van der Waals surface area contributed by atoms with E-state index >= 15 is 0 Å². The van der Waals surface area contributed by atoms with Crippen molar-refractivity contribution in [2.24, 2.45) is 5.73 Å². The lowest BCUT2D eigenvalue weighted by atomic mass is 9.99. The number of benzene rings is 2. The highest BCUT2D eigenvalue weighted by molar-refractivity contribution is 5.28. The fourth-order valence-electron chi connectivity index (χ4n) is 1.79. The van der Waals surface area contributed by atoms with E-state index in [2.05, 4.69) is 0 Å². The molecule has 94 valence electrons. The second-order valence-corrected chi connectivity index (χ2v) is 4.18. The van der Waals surface area contributed by atoms with Gasteiger partial charge in [-0.05, 0) is 41.8 Å². The molecule has 2 nitrogen and oxygen atoms in total. The van der Waals surface area contributed by atoms with Crippen molar-refractivity contribution in [3.63, 3.8) is 0 Å². The van der Waals surface area contributed by atoms with Crippen LogP contribution in [0, 0.1) is 11.6 Å². The van der Waals surface area contributed by atoms with Gasteiger partial charge in [-0.2, -0.15) is 0 Å². The minimum Gasteiger partial charge on any atom is -0.508 e. The molecule has 0 amide bonds. The van der Waals surface area contributed by atoms with Crippen LogP contribution in [0.25, 0.3) is 0 Å². The fourth-order valence-corrected chi connectivity index (χ4v) is 1.79. The van der Waals surface area contributed by atoms with Crippen molar-refractivity contribution in [2.75, 3.05) is 0 Å². The summed E-state index contributed by atoms with van der Waals surface area (Å²) >= 11 is 0. The van der Waals surface area contributed by atoms with Crippen LogP contribution in [0.15, 0.2) is 42.5 Å². The Bertz CT molecular complexity index is 520. The van der Waals surface area contributed by atoms with Gasteiger partial charge in [0.05, 0.1) is 0 Å². The molecule has 0 saturated carbocycles. The molecular formula is C14H13F2NO. The Kier molecular flexibility index (Phi) is 3.58. The summed E-state index contributed by atoms with van der Waals surface area (Å²) in [5, 5.41) is 9.15. The molecule has 1 unspecified atom stereocenters. The quantitative estimate of drug-likeness (QED) is 0.878. The molecule has 0 heterocycles. The van der Waals surface area contributed by atoms with Crippen LogP contribution in [-0.2, 0) is 6.42 Å². The van der Waals surface area contributed by atoms with Crippen LogP contribution in [-0.4, -0.2) is 5.11 Å². The number of phenolic OH excluding ortho intramolecular Hbond substituents is 1. The summed E-state index contributed by atoms with van der Waals surface area (Å²) in [4.78, 5) is 0. The molecular weight excluding hydrogens is 236 g/mol. The molecule has 0 fully saturated rings. The van der Waals surface area contributed by atoms with E-state index in [0.29, 0.717) is 12.0 Å². The number of aromatic hydroxyl groups is 1. The summed E-state index contributed by atoms with van der Waals surface area (Å²) in [6, 6.07) is 9.34. The van der Waals surface area contributed by atoms with Crippen LogP contribution in [0.4, 0.5) is 8.78 Å². The first kappa shape index (κ1) is 12.5. The zero-order valence-electron chi connectivity index (χ0n) is 9.61. The van der Waals surface area contributed by atoms with Crippen LogP contribution in [0.2, 0.25) is 0 Å². The van der Waals surface area contributed by atoms with Crippen LogP contribution in [0.1, 0.15) is 17.2 Å². The van der Waals surface area contributed by atoms with E-state index in [1.165, 1.54) is 12.1 Å². The third kappa shape index (κ3) is 3.05. The van der Waals surface area contributed by atoms with Crippen molar-refractivity contribution in [1.29, 1.82) is 0 Å². The molecule has 2 aromatic carbocycles. The molecule has 0 aliphatic heterocycles. The number of phenols is 1. The number of halogens is 2. The highest BCUT2D eigenvalue weighted by atomic mass is 19.1. The topological polar surface area (TPSA) is 46.2 Å². The first-order valence-electron chi connectivity index (χ1n) is 5.54. The molecule has 0 radical (unpaired) electrons. The van der Waals surface area contributed by atoms with Gasteiger partial charge in [-0.25, -0.2) is 8.78 Å². The molecule has 0 bridgehead atoms. The molecule has 0 saturated heterocycles. The van der Waals surface area contributed by atoms with Crippen molar-refractivity contribution >= 4 is 0 Å². The SMILES string of the molecule is NC(Cc1ccc(O)cc1)c1cc(F)cc(F)c1. The molecule has 0 aliphatic rings. The minimum absolute atomic E-state index is 0.170. The maximum Gasteiger partial charge on any atom is 0.126 e. The predicted octanol–water partition coefficient (Wildman–Crippen LogP) is 2.91. The van der Waals surface area contributed by atoms with Gasteiger partial charge in [0.15, 0.2) is 0 Å². The minimum atomic E-state index is -0.633. The van der Waals surface area contributed by atoms with Crippen molar-refractivity contribution in [1.82, 2.24) is 0 Å². The van der Waals surface area contributed by atoms with Crippen LogP contribution < -0.4 is 5.73 Å². The summed E-state index contributed by atoms with van der Waals surface area (Å²) in [6.45, 7) is 0. The Hall–Kier alpha value is -1.94. The zero-order valence-corrected chi connectivity index (χ0v) is 9.61. The van der Waals surface area contributed by atoms with Crippen LogP contribution >= 0.6 is 0 Å². The van der Waals surface area contributed by atoms with Crippen molar-refractivity contribution in [3.05, 3.63) is 65.2 Å². The van der Waals surface area contributed by atoms with E-state index in [4.69, 9.17) is 10.8 Å². The predicted molar refractivity (Wildman–Crippen MR) is 65.1 cm³/mol. The molecule has 0 spiro atoms. The molecule has 2 rings (SSSR count). The summed E-state index contributed by atoms with van der Waals surface area (Å²) in [6.07, 6.45) is 0.448. The highest BCUT2D eigenvalue weighted by Crippen LogP contribution is 2.19. The van der Waals surface area contributed by atoms with E-state index in [1.54, 1.807) is 24.3 Å². The smallest absolute Gasteiger partial charge is 0.126 e. The Morgan fingerprint density at radius 1 is 1.00 bits per heavy atom. The largest absolute Gasteiger partial charge is 0.508 e. The van der Waals surface area contributed by atoms with Crippen LogP contribution in [0.5, 0.6) is 5.75 Å².